The van der Waals surface area contributed by atoms with Crippen LogP contribution in [0.3, 0.4) is 0 Å². The van der Waals surface area contributed by atoms with E-state index in [1.165, 1.54) is 0 Å². The number of nitrogen functional groups attached to an aromatic ring is 1. The molecule has 0 aliphatic carbocycles. The predicted molar refractivity (Wildman–Crippen MR) is 60.7 cm³/mol. The van der Waals surface area contributed by atoms with Crippen LogP contribution in [0.5, 0.6) is 0 Å². The van der Waals surface area contributed by atoms with Crippen LogP contribution in [0.2, 0.25) is 5.02 Å². The second-order valence-corrected chi connectivity index (χ2v) is 4.13. The molecule has 0 aliphatic heterocycles. The summed E-state index contributed by atoms with van der Waals surface area (Å²) in [6.07, 6.45) is 3.56. The average molecular weight is 273 g/mol. The van der Waals surface area contributed by atoms with E-state index >= 15 is 0 Å². The van der Waals surface area contributed by atoms with Gasteiger partial charge in [0.15, 0.2) is 0 Å². The first kappa shape index (κ1) is 9.55. The predicted octanol–water partition coefficient (Wildman–Crippen LogP) is 2.87. The van der Waals surface area contributed by atoms with Crippen molar-refractivity contribution in [3.63, 3.8) is 0 Å². The summed E-state index contributed by atoms with van der Waals surface area (Å²) < 4.78 is 2.64. The van der Waals surface area contributed by atoms with E-state index < -0.39 is 0 Å². The number of hydrogen-bond donors (Lipinski definition) is 1. The molecule has 5 heteroatoms. The van der Waals surface area contributed by atoms with Gasteiger partial charge in [-0.25, -0.2) is 4.68 Å². The normalized spacial score (nSPS) is 10.4. The number of benzene rings is 1. The maximum atomic E-state index is 5.81. The fourth-order valence-electron chi connectivity index (χ4n) is 1.12. The highest BCUT2D eigenvalue weighted by Gasteiger charge is 2.01. The maximum Gasteiger partial charge on any atom is 0.0667 e. The molecule has 3 nitrogen and oxygen atoms in total. The molecule has 1 aromatic heterocycles. The lowest BCUT2D eigenvalue weighted by molar-refractivity contribution is 0.881. The molecule has 0 bridgehead atoms. The molecule has 0 radical (unpaired) electrons. The molecule has 0 fully saturated rings. The fourth-order valence-corrected chi connectivity index (χ4v) is 1.52. The number of anilines is 1. The Morgan fingerprint density at radius 3 is 2.79 bits per heavy atom. The molecule has 1 heterocycles. The molecule has 2 aromatic rings. The zero-order valence-corrected chi connectivity index (χ0v) is 9.46. The summed E-state index contributed by atoms with van der Waals surface area (Å²) >= 11 is 9.13. The van der Waals surface area contributed by atoms with Gasteiger partial charge in [-0.2, -0.15) is 5.10 Å². The maximum absolute atomic E-state index is 5.81. The van der Waals surface area contributed by atoms with Crippen molar-refractivity contribution < 1.29 is 0 Å². The molecule has 0 amide bonds. The van der Waals surface area contributed by atoms with Crippen molar-refractivity contribution in [3.8, 4) is 5.69 Å². The first-order valence-corrected chi connectivity index (χ1v) is 5.09. The average Bonchev–Trinajstić information content (AvgIpc) is 2.57. The second-order valence-electron chi connectivity index (χ2n) is 2.81. The van der Waals surface area contributed by atoms with Gasteiger partial charge in [0.1, 0.15) is 0 Å². The van der Waals surface area contributed by atoms with Crippen molar-refractivity contribution in [2.75, 3.05) is 5.73 Å². The summed E-state index contributed by atoms with van der Waals surface area (Å²) in [4.78, 5) is 0. The third-order valence-corrected chi connectivity index (χ3v) is 2.55. The van der Waals surface area contributed by atoms with E-state index in [1.807, 2.05) is 12.3 Å². The molecule has 0 unspecified atom stereocenters. The lowest BCUT2D eigenvalue weighted by Crippen LogP contribution is -1.96. The van der Waals surface area contributed by atoms with Crippen molar-refractivity contribution in [2.24, 2.45) is 0 Å². The molecule has 2 rings (SSSR count). The summed E-state index contributed by atoms with van der Waals surface area (Å²) in [5, 5.41) is 4.68. The molecule has 1 aromatic carbocycles. The Bertz CT molecular complexity index is 467. The third-order valence-electron chi connectivity index (χ3n) is 1.80. The summed E-state index contributed by atoms with van der Waals surface area (Å²) in [5.41, 5.74) is 7.12. The largest absolute Gasteiger partial charge is 0.397 e. The van der Waals surface area contributed by atoms with Crippen LogP contribution in [-0.4, -0.2) is 9.78 Å². The van der Waals surface area contributed by atoms with Crippen molar-refractivity contribution in [1.29, 1.82) is 0 Å². The van der Waals surface area contributed by atoms with Crippen molar-refractivity contribution in [3.05, 3.63) is 40.1 Å². The van der Waals surface area contributed by atoms with Gasteiger partial charge in [0.2, 0.25) is 0 Å². The molecule has 2 N–H and O–H groups in total. The fraction of sp³-hybridized carbons (Fsp3) is 0. The minimum Gasteiger partial charge on any atom is -0.397 e. The molecule has 0 atom stereocenters. The van der Waals surface area contributed by atoms with Crippen LogP contribution in [-0.2, 0) is 0 Å². The van der Waals surface area contributed by atoms with E-state index in [4.69, 9.17) is 17.3 Å². The van der Waals surface area contributed by atoms with Crippen LogP contribution in [0.15, 0.2) is 35.1 Å². The third kappa shape index (κ3) is 1.76. The first-order chi connectivity index (χ1) is 6.66. The Kier molecular flexibility index (Phi) is 2.48. The van der Waals surface area contributed by atoms with Gasteiger partial charge in [-0.15, -0.1) is 0 Å². The number of nitrogens with zero attached hydrogens (tertiary/aromatic N) is 2. The van der Waals surface area contributed by atoms with Gasteiger partial charge in [0, 0.05) is 6.20 Å². The second kappa shape index (κ2) is 3.63. The Labute approximate surface area is 94.6 Å². The zero-order chi connectivity index (χ0) is 10.1. The van der Waals surface area contributed by atoms with Gasteiger partial charge in [0.05, 0.1) is 27.1 Å². The Hall–Kier alpha value is -1.00. The van der Waals surface area contributed by atoms with E-state index in [2.05, 4.69) is 21.0 Å². The lowest BCUT2D eigenvalue weighted by atomic mass is 10.3. The number of hydrogen-bond acceptors (Lipinski definition) is 2. The van der Waals surface area contributed by atoms with Crippen molar-refractivity contribution >= 4 is 33.2 Å². The lowest BCUT2D eigenvalue weighted by Gasteiger charge is -2.03. The summed E-state index contributed by atoms with van der Waals surface area (Å²) in [5.74, 6) is 0. The summed E-state index contributed by atoms with van der Waals surface area (Å²) in [6.45, 7) is 0. The highest BCUT2D eigenvalue weighted by molar-refractivity contribution is 9.10. The quantitative estimate of drug-likeness (QED) is 0.811. The first-order valence-electron chi connectivity index (χ1n) is 3.92. The van der Waals surface area contributed by atoms with Gasteiger partial charge in [0.25, 0.3) is 0 Å². The molecule has 72 valence electrons. The monoisotopic (exact) mass is 271 g/mol. The molecule has 0 saturated carbocycles. The minimum atomic E-state index is 0.552. The van der Waals surface area contributed by atoms with E-state index in [9.17, 15) is 0 Å². The van der Waals surface area contributed by atoms with Gasteiger partial charge in [-0.3, -0.25) is 0 Å². The zero-order valence-electron chi connectivity index (χ0n) is 7.11. The van der Waals surface area contributed by atoms with E-state index in [0.29, 0.717) is 10.7 Å². The van der Waals surface area contributed by atoms with Gasteiger partial charge in [-0.05, 0) is 34.1 Å². The van der Waals surface area contributed by atoms with Crippen LogP contribution >= 0.6 is 27.5 Å². The molecule has 0 aliphatic rings. The van der Waals surface area contributed by atoms with E-state index in [1.54, 1.807) is 23.0 Å². The Morgan fingerprint density at radius 2 is 2.21 bits per heavy atom. The van der Waals surface area contributed by atoms with Crippen molar-refractivity contribution in [1.82, 2.24) is 9.78 Å². The number of halogens is 2. The highest BCUT2D eigenvalue weighted by Crippen LogP contribution is 2.22. The van der Waals surface area contributed by atoms with Crippen LogP contribution in [0.1, 0.15) is 0 Å². The molecule has 0 spiro atoms. The SMILES string of the molecule is Nc1cc(-n2cc(Br)cn2)ccc1Cl. The van der Waals surface area contributed by atoms with Crippen LogP contribution in [0, 0.1) is 0 Å². The molecular weight excluding hydrogens is 265 g/mol. The van der Waals surface area contributed by atoms with Gasteiger partial charge >= 0.3 is 0 Å². The Morgan fingerprint density at radius 1 is 1.43 bits per heavy atom. The number of rotatable bonds is 1. The van der Waals surface area contributed by atoms with Crippen LogP contribution < -0.4 is 5.73 Å². The smallest absolute Gasteiger partial charge is 0.0667 e. The van der Waals surface area contributed by atoms with Gasteiger partial charge < -0.3 is 5.73 Å². The summed E-state index contributed by atoms with van der Waals surface area (Å²) in [7, 11) is 0. The Balaban J connectivity index is 2.47. The van der Waals surface area contributed by atoms with Crippen LogP contribution in [0.4, 0.5) is 5.69 Å². The van der Waals surface area contributed by atoms with E-state index in [-0.39, 0.29) is 0 Å². The van der Waals surface area contributed by atoms with Crippen molar-refractivity contribution in [2.45, 2.75) is 0 Å². The van der Waals surface area contributed by atoms with E-state index in [0.717, 1.165) is 10.2 Å². The molecule has 14 heavy (non-hydrogen) atoms. The van der Waals surface area contributed by atoms with Gasteiger partial charge in [-0.1, -0.05) is 11.6 Å². The standard InChI is InChI=1S/C9H7BrClN3/c10-6-4-13-14(5-6)7-1-2-8(11)9(12)3-7/h1-5H,12H2. The minimum absolute atomic E-state index is 0.552. The number of aromatic nitrogens is 2. The molecule has 0 saturated heterocycles. The van der Waals surface area contributed by atoms with Crippen LogP contribution in [0.25, 0.3) is 5.69 Å². The molecular formula is C9H7BrClN3. The summed E-state index contributed by atoms with van der Waals surface area (Å²) in [6, 6.07) is 5.39. The topological polar surface area (TPSA) is 43.8 Å². The number of nitrogens with two attached hydrogens (primary N) is 1. The highest BCUT2D eigenvalue weighted by atomic mass is 79.9.